The van der Waals surface area contributed by atoms with E-state index in [1.54, 1.807) is 4.90 Å². The fraction of sp³-hybridized carbons (Fsp3) is 0.423. The Kier molecular flexibility index (Phi) is 6.96. The van der Waals surface area contributed by atoms with Crippen LogP contribution in [0.4, 0.5) is 4.79 Å². The Labute approximate surface area is 193 Å². The highest BCUT2D eigenvalue weighted by molar-refractivity contribution is 5.81. The summed E-state index contributed by atoms with van der Waals surface area (Å²) in [6.07, 6.45) is 1.47. The van der Waals surface area contributed by atoms with Crippen molar-refractivity contribution in [3.05, 3.63) is 59.7 Å². The molecule has 33 heavy (non-hydrogen) atoms. The predicted molar refractivity (Wildman–Crippen MR) is 124 cm³/mol. The molecule has 0 saturated carbocycles. The average Bonchev–Trinajstić information content (AvgIpc) is 3.40. The normalized spacial score (nSPS) is 17.8. The average molecular weight is 451 g/mol. The second-order valence-electron chi connectivity index (χ2n) is 8.74. The van der Waals surface area contributed by atoms with Crippen LogP contribution >= 0.6 is 0 Å². The molecule has 174 valence electrons. The SMILES string of the molecule is CCC(CNC(=O)OCC1c2ccccc2-c2ccccc21)C(=O)N1CCCC1CC(=O)O. The Morgan fingerprint density at radius 2 is 1.73 bits per heavy atom. The molecule has 0 spiro atoms. The van der Waals surface area contributed by atoms with Gasteiger partial charge in [0.2, 0.25) is 5.91 Å². The molecule has 0 aromatic heterocycles. The highest BCUT2D eigenvalue weighted by atomic mass is 16.5. The molecule has 7 nitrogen and oxygen atoms in total. The molecule has 2 unspecified atom stereocenters. The van der Waals surface area contributed by atoms with E-state index in [9.17, 15) is 14.4 Å². The minimum absolute atomic E-state index is 0.0202. The minimum atomic E-state index is -0.899. The first-order chi connectivity index (χ1) is 16.0. The van der Waals surface area contributed by atoms with E-state index in [0.717, 1.165) is 17.5 Å². The number of carbonyl (C=O) groups excluding carboxylic acids is 2. The molecule has 2 amide bonds. The minimum Gasteiger partial charge on any atom is -0.481 e. The van der Waals surface area contributed by atoms with Gasteiger partial charge in [-0.25, -0.2) is 4.79 Å². The van der Waals surface area contributed by atoms with Crippen LogP contribution in [0.3, 0.4) is 0 Å². The van der Waals surface area contributed by atoms with Crippen molar-refractivity contribution in [3.63, 3.8) is 0 Å². The summed E-state index contributed by atoms with van der Waals surface area (Å²) in [6.45, 7) is 2.85. The van der Waals surface area contributed by atoms with E-state index in [0.29, 0.717) is 19.4 Å². The number of hydrogen-bond donors (Lipinski definition) is 2. The van der Waals surface area contributed by atoms with E-state index in [1.165, 1.54) is 11.1 Å². The molecule has 1 heterocycles. The molecule has 0 radical (unpaired) electrons. The zero-order chi connectivity index (χ0) is 23.4. The van der Waals surface area contributed by atoms with E-state index in [1.807, 2.05) is 31.2 Å². The number of alkyl carbamates (subject to hydrolysis) is 1. The third-order valence-electron chi connectivity index (χ3n) is 6.75. The van der Waals surface area contributed by atoms with Crippen LogP contribution in [0.25, 0.3) is 11.1 Å². The first-order valence-electron chi connectivity index (χ1n) is 11.6. The molecule has 2 atom stereocenters. The maximum atomic E-state index is 13.0. The number of fused-ring (bicyclic) bond motifs is 3. The standard InChI is InChI=1S/C26H30N2O5/c1-2-17(25(31)28-13-7-8-18(28)14-24(29)30)15-27-26(32)33-16-23-21-11-5-3-9-19(21)20-10-4-6-12-22(20)23/h3-6,9-12,17-18,23H,2,7-8,13-16H2,1H3,(H,27,32)(H,29,30). The second kappa shape index (κ2) is 10.1. The van der Waals surface area contributed by atoms with Crippen molar-refractivity contribution in [2.45, 2.75) is 44.6 Å². The molecule has 2 aromatic rings. The summed E-state index contributed by atoms with van der Waals surface area (Å²) in [5.74, 6) is -1.42. The number of likely N-dealkylation sites (tertiary alicyclic amines) is 1. The van der Waals surface area contributed by atoms with Gasteiger partial charge in [-0.05, 0) is 41.5 Å². The quantitative estimate of drug-likeness (QED) is 0.633. The maximum Gasteiger partial charge on any atom is 0.407 e. The Balaban J connectivity index is 1.33. The lowest BCUT2D eigenvalue weighted by Crippen LogP contribution is -2.44. The highest BCUT2D eigenvalue weighted by Crippen LogP contribution is 2.44. The van der Waals surface area contributed by atoms with Gasteiger partial charge >= 0.3 is 12.1 Å². The Hall–Kier alpha value is -3.35. The summed E-state index contributed by atoms with van der Waals surface area (Å²) in [7, 11) is 0. The van der Waals surface area contributed by atoms with Crippen LogP contribution in [0.2, 0.25) is 0 Å². The molecule has 4 rings (SSSR count). The van der Waals surface area contributed by atoms with E-state index in [4.69, 9.17) is 9.84 Å². The van der Waals surface area contributed by atoms with Gasteiger partial charge in [-0.3, -0.25) is 9.59 Å². The van der Waals surface area contributed by atoms with E-state index < -0.39 is 18.0 Å². The molecular formula is C26H30N2O5. The van der Waals surface area contributed by atoms with Gasteiger partial charge in [0.05, 0.1) is 12.3 Å². The van der Waals surface area contributed by atoms with Crippen molar-refractivity contribution < 1.29 is 24.2 Å². The number of hydrogen-bond acceptors (Lipinski definition) is 4. The number of carboxylic acids is 1. The molecule has 1 aliphatic carbocycles. The number of nitrogens with zero attached hydrogens (tertiary/aromatic N) is 1. The summed E-state index contributed by atoms with van der Waals surface area (Å²) >= 11 is 0. The Morgan fingerprint density at radius 1 is 1.09 bits per heavy atom. The van der Waals surface area contributed by atoms with Crippen molar-refractivity contribution in [1.29, 1.82) is 0 Å². The zero-order valence-corrected chi connectivity index (χ0v) is 18.8. The number of amides is 2. The molecule has 7 heteroatoms. The van der Waals surface area contributed by atoms with Gasteiger partial charge in [-0.2, -0.15) is 0 Å². The fourth-order valence-electron chi connectivity index (χ4n) is 5.04. The van der Waals surface area contributed by atoms with Crippen molar-refractivity contribution in [1.82, 2.24) is 10.2 Å². The molecule has 0 bridgehead atoms. The third kappa shape index (κ3) is 4.87. The lowest BCUT2D eigenvalue weighted by Gasteiger charge is -2.28. The molecule has 1 aliphatic heterocycles. The van der Waals surface area contributed by atoms with Crippen LogP contribution in [0.15, 0.2) is 48.5 Å². The summed E-state index contributed by atoms with van der Waals surface area (Å²) in [4.78, 5) is 38.2. The Morgan fingerprint density at radius 3 is 2.33 bits per heavy atom. The van der Waals surface area contributed by atoms with Gasteiger partial charge < -0.3 is 20.1 Å². The highest BCUT2D eigenvalue weighted by Gasteiger charge is 2.34. The smallest absolute Gasteiger partial charge is 0.407 e. The summed E-state index contributed by atoms with van der Waals surface area (Å²) in [5.41, 5.74) is 4.62. The first-order valence-corrected chi connectivity index (χ1v) is 11.6. The zero-order valence-electron chi connectivity index (χ0n) is 18.8. The fourth-order valence-corrected chi connectivity index (χ4v) is 5.04. The van der Waals surface area contributed by atoms with E-state index >= 15 is 0 Å². The van der Waals surface area contributed by atoms with Crippen molar-refractivity contribution >= 4 is 18.0 Å². The molecule has 2 aliphatic rings. The van der Waals surface area contributed by atoms with Gasteiger partial charge in [0.15, 0.2) is 0 Å². The lowest BCUT2D eigenvalue weighted by molar-refractivity contribution is -0.141. The summed E-state index contributed by atoms with van der Waals surface area (Å²) in [6, 6.07) is 16.0. The lowest BCUT2D eigenvalue weighted by atomic mass is 9.98. The Bertz CT molecular complexity index is 991. The number of carboxylic acid groups (broad SMARTS) is 1. The van der Waals surface area contributed by atoms with Gasteiger partial charge in [0.25, 0.3) is 0 Å². The molecular weight excluding hydrogens is 420 g/mol. The van der Waals surface area contributed by atoms with Gasteiger partial charge in [0.1, 0.15) is 6.61 Å². The monoisotopic (exact) mass is 450 g/mol. The van der Waals surface area contributed by atoms with Crippen LogP contribution in [-0.2, 0) is 14.3 Å². The van der Waals surface area contributed by atoms with Crippen LogP contribution in [-0.4, -0.2) is 53.7 Å². The van der Waals surface area contributed by atoms with E-state index in [2.05, 4.69) is 29.6 Å². The van der Waals surface area contributed by atoms with Crippen LogP contribution in [0, 0.1) is 5.92 Å². The van der Waals surface area contributed by atoms with Gasteiger partial charge in [-0.15, -0.1) is 0 Å². The van der Waals surface area contributed by atoms with Crippen LogP contribution in [0.1, 0.15) is 49.7 Å². The number of nitrogens with one attached hydrogen (secondary N) is 1. The van der Waals surface area contributed by atoms with Crippen molar-refractivity contribution in [3.8, 4) is 11.1 Å². The summed E-state index contributed by atoms with van der Waals surface area (Å²) < 4.78 is 5.56. The second-order valence-corrected chi connectivity index (χ2v) is 8.74. The first kappa shape index (κ1) is 22.8. The topological polar surface area (TPSA) is 95.9 Å². The molecule has 1 fully saturated rings. The van der Waals surface area contributed by atoms with Crippen LogP contribution < -0.4 is 5.32 Å². The number of benzene rings is 2. The number of ether oxygens (including phenoxy) is 1. The number of aliphatic carboxylic acids is 1. The number of rotatable bonds is 8. The number of carbonyl (C=O) groups is 3. The largest absolute Gasteiger partial charge is 0.481 e. The molecule has 2 aromatic carbocycles. The summed E-state index contributed by atoms with van der Waals surface area (Å²) in [5, 5.41) is 11.8. The van der Waals surface area contributed by atoms with Crippen molar-refractivity contribution in [2.24, 2.45) is 5.92 Å². The third-order valence-corrected chi connectivity index (χ3v) is 6.75. The molecule has 1 saturated heterocycles. The maximum absolute atomic E-state index is 13.0. The predicted octanol–water partition coefficient (Wildman–Crippen LogP) is 4.02. The van der Waals surface area contributed by atoms with Gasteiger partial charge in [-0.1, -0.05) is 55.5 Å². The molecule has 2 N–H and O–H groups in total. The van der Waals surface area contributed by atoms with Crippen molar-refractivity contribution in [2.75, 3.05) is 19.7 Å². The van der Waals surface area contributed by atoms with Crippen LogP contribution in [0.5, 0.6) is 0 Å². The van der Waals surface area contributed by atoms with E-state index in [-0.39, 0.29) is 37.4 Å². The van der Waals surface area contributed by atoms with Gasteiger partial charge in [0, 0.05) is 25.0 Å².